The Morgan fingerprint density at radius 2 is 2.31 bits per heavy atom. The van der Waals surface area contributed by atoms with Gasteiger partial charge in [0.05, 0.1) is 10.5 Å². The summed E-state index contributed by atoms with van der Waals surface area (Å²) in [6, 6.07) is 0. The summed E-state index contributed by atoms with van der Waals surface area (Å²) in [7, 11) is 1.74. The number of hydrogen-bond donors (Lipinski definition) is 2. The smallest absolute Gasteiger partial charge is 0.309 e. The fourth-order valence-electron chi connectivity index (χ4n) is 1.00. The van der Waals surface area contributed by atoms with Gasteiger partial charge in [-0.3, -0.25) is 15.2 Å². The second-order valence-electron chi connectivity index (χ2n) is 3.26. The molecule has 0 radical (unpaired) electrons. The first-order valence-corrected chi connectivity index (χ1v) is 3.86. The maximum Gasteiger partial charge on any atom is 0.311 e. The third-order valence-electron chi connectivity index (χ3n) is 2.07. The second-order valence-corrected chi connectivity index (χ2v) is 3.26. The van der Waals surface area contributed by atoms with E-state index in [9.17, 15) is 10.1 Å². The highest BCUT2D eigenvalue weighted by Gasteiger charge is 2.29. The standard InChI is InChI=1S/C7H12N4O2/c1-7(2,8-3)6-5(11(12)13)4-9-10-6/h4,8H,1-3H3,(H,9,10). The van der Waals surface area contributed by atoms with Crippen molar-refractivity contribution in [3.05, 3.63) is 22.0 Å². The first-order chi connectivity index (χ1) is 5.99. The van der Waals surface area contributed by atoms with Crippen molar-refractivity contribution in [1.29, 1.82) is 0 Å². The van der Waals surface area contributed by atoms with Gasteiger partial charge < -0.3 is 5.32 Å². The molecule has 0 saturated carbocycles. The van der Waals surface area contributed by atoms with E-state index in [1.165, 1.54) is 6.20 Å². The van der Waals surface area contributed by atoms with E-state index in [2.05, 4.69) is 15.5 Å². The lowest BCUT2D eigenvalue weighted by Crippen LogP contribution is -2.34. The maximum absolute atomic E-state index is 10.6. The summed E-state index contributed by atoms with van der Waals surface area (Å²) >= 11 is 0. The van der Waals surface area contributed by atoms with Gasteiger partial charge in [0.2, 0.25) is 0 Å². The zero-order valence-corrected chi connectivity index (χ0v) is 7.79. The molecule has 1 rings (SSSR count). The van der Waals surface area contributed by atoms with Gasteiger partial charge in [0, 0.05) is 0 Å². The second kappa shape index (κ2) is 3.14. The van der Waals surface area contributed by atoms with E-state index in [-0.39, 0.29) is 5.69 Å². The van der Waals surface area contributed by atoms with Gasteiger partial charge in [-0.25, -0.2) is 0 Å². The van der Waals surface area contributed by atoms with Crippen LogP contribution in [0.5, 0.6) is 0 Å². The van der Waals surface area contributed by atoms with Crippen molar-refractivity contribution >= 4 is 5.69 Å². The van der Waals surface area contributed by atoms with Crippen LogP contribution in [0.25, 0.3) is 0 Å². The average Bonchev–Trinajstić information content (AvgIpc) is 2.52. The van der Waals surface area contributed by atoms with Crippen LogP contribution in [0.1, 0.15) is 19.5 Å². The number of aromatic amines is 1. The van der Waals surface area contributed by atoms with E-state index in [1.54, 1.807) is 7.05 Å². The molecular formula is C7H12N4O2. The van der Waals surface area contributed by atoms with Crippen LogP contribution >= 0.6 is 0 Å². The molecule has 1 aromatic rings. The summed E-state index contributed by atoms with van der Waals surface area (Å²) in [6.45, 7) is 3.68. The average molecular weight is 184 g/mol. The number of aromatic nitrogens is 2. The fraction of sp³-hybridized carbons (Fsp3) is 0.571. The summed E-state index contributed by atoms with van der Waals surface area (Å²) in [4.78, 5) is 10.1. The molecule has 0 aliphatic carbocycles. The number of hydrogen-bond acceptors (Lipinski definition) is 4. The van der Waals surface area contributed by atoms with E-state index < -0.39 is 10.5 Å². The molecule has 0 aliphatic rings. The Hall–Kier alpha value is -1.43. The first kappa shape index (κ1) is 9.66. The molecule has 0 saturated heterocycles. The predicted octanol–water partition coefficient (Wildman–Crippen LogP) is 0.772. The third kappa shape index (κ3) is 1.67. The van der Waals surface area contributed by atoms with Crippen LogP contribution in [-0.2, 0) is 5.54 Å². The summed E-state index contributed by atoms with van der Waals surface area (Å²) < 4.78 is 0. The highest BCUT2D eigenvalue weighted by atomic mass is 16.6. The Labute approximate surface area is 75.5 Å². The minimum absolute atomic E-state index is 0.0133. The van der Waals surface area contributed by atoms with E-state index in [0.29, 0.717) is 5.69 Å². The highest BCUT2D eigenvalue weighted by Crippen LogP contribution is 2.26. The minimum atomic E-state index is -0.473. The topological polar surface area (TPSA) is 83.8 Å². The van der Waals surface area contributed by atoms with Gasteiger partial charge in [0.15, 0.2) is 0 Å². The molecule has 2 N–H and O–H groups in total. The lowest BCUT2D eigenvalue weighted by Gasteiger charge is -2.20. The van der Waals surface area contributed by atoms with Crippen LogP contribution in [0.4, 0.5) is 5.69 Å². The minimum Gasteiger partial charge on any atom is -0.309 e. The van der Waals surface area contributed by atoms with Gasteiger partial charge in [-0.1, -0.05) is 0 Å². The van der Waals surface area contributed by atoms with E-state index >= 15 is 0 Å². The van der Waals surface area contributed by atoms with Crippen LogP contribution < -0.4 is 5.32 Å². The largest absolute Gasteiger partial charge is 0.311 e. The Balaban J connectivity index is 3.14. The number of rotatable bonds is 3. The van der Waals surface area contributed by atoms with Crippen molar-refractivity contribution < 1.29 is 4.92 Å². The Morgan fingerprint density at radius 3 is 2.77 bits per heavy atom. The zero-order chi connectivity index (χ0) is 10.1. The van der Waals surface area contributed by atoms with Gasteiger partial charge in [0.25, 0.3) is 0 Å². The molecule has 1 heterocycles. The lowest BCUT2D eigenvalue weighted by atomic mass is 10.0. The van der Waals surface area contributed by atoms with Crippen LogP contribution in [0.2, 0.25) is 0 Å². The summed E-state index contributed by atoms with van der Waals surface area (Å²) in [6.07, 6.45) is 1.22. The number of nitrogens with one attached hydrogen (secondary N) is 2. The summed E-state index contributed by atoms with van der Waals surface area (Å²) in [5, 5.41) is 19.8. The molecule has 0 atom stereocenters. The van der Waals surface area contributed by atoms with Crippen molar-refractivity contribution in [2.24, 2.45) is 0 Å². The normalized spacial score (nSPS) is 11.6. The molecule has 0 unspecified atom stereocenters. The molecular weight excluding hydrogens is 172 g/mol. The van der Waals surface area contributed by atoms with Gasteiger partial charge in [0.1, 0.15) is 11.9 Å². The van der Waals surface area contributed by atoms with Crippen molar-refractivity contribution in [2.75, 3.05) is 7.05 Å². The molecule has 0 fully saturated rings. The van der Waals surface area contributed by atoms with E-state index in [4.69, 9.17) is 0 Å². The molecule has 13 heavy (non-hydrogen) atoms. The van der Waals surface area contributed by atoms with Crippen molar-refractivity contribution in [2.45, 2.75) is 19.4 Å². The molecule has 1 aromatic heterocycles. The van der Waals surface area contributed by atoms with E-state index in [0.717, 1.165) is 0 Å². The fourth-order valence-corrected chi connectivity index (χ4v) is 1.00. The molecule has 6 nitrogen and oxygen atoms in total. The van der Waals surface area contributed by atoms with Gasteiger partial charge >= 0.3 is 5.69 Å². The molecule has 0 spiro atoms. The van der Waals surface area contributed by atoms with Crippen LogP contribution in [0.15, 0.2) is 6.20 Å². The van der Waals surface area contributed by atoms with Gasteiger partial charge in [-0.15, -0.1) is 0 Å². The van der Waals surface area contributed by atoms with Crippen LogP contribution in [0, 0.1) is 10.1 Å². The molecule has 0 aliphatic heterocycles. The quantitative estimate of drug-likeness (QED) is 0.537. The molecule has 0 amide bonds. The number of H-pyrrole nitrogens is 1. The molecule has 0 bridgehead atoms. The van der Waals surface area contributed by atoms with Gasteiger partial charge in [-0.2, -0.15) is 5.10 Å². The first-order valence-electron chi connectivity index (χ1n) is 3.86. The Bertz CT molecular complexity index is 318. The zero-order valence-electron chi connectivity index (χ0n) is 7.79. The van der Waals surface area contributed by atoms with Crippen LogP contribution in [-0.4, -0.2) is 22.2 Å². The maximum atomic E-state index is 10.6. The monoisotopic (exact) mass is 184 g/mol. The van der Waals surface area contributed by atoms with Crippen LogP contribution in [0.3, 0.4) is 0 Å². The van der Waals surface area contributed by atoms with Crippen molar-refractivity contribution in [3.8, 4) is 0 Å². The third-order valence-corrected chi connectivity index (χ3v) is 2.07. The SMILES string of the molecule is CNC(C)(C)c1[nH]ncc1[N+](=O)[O-]. The summed E-state index contributed by atoms with van der Waals surface area (Å²) in [5.74, 6) is 0. The predicted molar refractivity (Wildman–Crippen MR) is 47.3 cm³/mol. The Kier molecular flexibility index (Phi) is 2.33. The molecule has 72 valence electrons. The van der Waals surface area contributed by atoms with E-state index in [1.807, 2.05) is 13.8 Å². The highest BCUT2D eigenvalue weighted by molar-refractivity contribution is 5.36. The lowest BCUT2D eigenvalue weighted by molar-refractivity contribution is -0.386. The Morgan fingerprint density at radius 1 is 1.69 bits per heavy atom. The molecule has 6 heteroatoms. The van der Waals surface area contributed by atoms with Gasteiger partial charge in [-0.05, 0) is 20.9 Å². The van der Waals surface area contributed by atoms with Crippen molar-refractivity contribution in [3.63, 3.8) is 0 Å². The number of nitrogens with zero attached hydrogens (tertiary/aromatic N) is 2. The van der Waals surface area contributed by atoms with Crippen molar-refractivity contribution in [1.82, 2.24) is 15.5 Å². The molecule has 0 aromatic carbocycles. The number of nitro groups is 1. The summed E-state index contributed by atoms with van der Waals surface area (Å²) in [5.41, 5.74) is 0.0261.